The van der Waals surface area contributed by atoms with Gasteiger partial charge in [-0.05, 0) is 70.1 Å². The third-order valence-corrected chi connectivity index (χ3v) is 18.1. The normalized spacial score (nSPS) is 11.6. The fourth-order valence-corrected chi connectivity index (χ4v) is 12.8. The van der Waals surface area contributed by atoms with Crippen LogP contribution in [0.4, 0.5) is 0 Å². The van der Waals surface area contributed by atoms with E-state index in [2.05, 4.69) is 49.0 Å². The molecule has 8 heteroatoms. The van der Waals surface area contributed by atoms with Crippen LogP contribution in [0.3, 0.4) is 0 Å². The Morgan fingerprint density at radius 1 is 0.226 bits per heavy atom. The van der Waals surface area contributed by atoms with Gasteiger partial charge in [0, 0.05) is 48.4 Å². The second kappa shape index (κ2) is 47.9. The van der Waals surface area contributed by atoms with Crippen LogP contribution in [0.1, 0.15) is 377 Å². The van der Waals surface area contributed by atoms with Crippen molar-refractivity contribution in [3.8, 4) is 0 Å². The maximum Gasteiger partial charge on any atom is 0.251 e. The Kier molecular flexibility index (Phi) is 41.2. The van der Waals surface area contributed by atoms with Crippen LogP contribution < -0.4 is 21.3 Å². The average molecular weight is 1160 g/mol. The Balaban J connectivity index is 1.53. The first-order valence-corrected chi connectivity index (χ1v) is 36.3. The van der Waals surface area contributed by atoms with E-state index >= 15 is 0 Å². The minimum atomic E-state index is -0.202. The summed E-state index contributed by atoms with van der Waals surface area (Å²) in [6.07, 6.45) is 60.0. The molecule has 0 aliphatic heterocycles. The van der Waals surface area contributed by atoms with Crippen LogP contribution >= 0.6 is 0 Å². The molecule has 474 valence electrons. The Labute approximate surface area is 514 Å². The molecule has 0 aromatic heterocycles. The molecule has 8 nitrogen and oxygen atoms in total. The molecule has 4 amide bonds. The highest BCUT2D eigenvalue weighted by Gasteiger charge is 2.26. The number of amides is 4. The van der Waals surface area contributed by atoms with Crippen LogP contribution in [0.2, 0.25) is 0 Å². The lowest BCUT2D eigenvalue weighted by Crippen LogP contribution is -2.28. The number of carbonyl (C=O) groups excluding carboxylic acids is 4. The summed E-state index contributed by atoms with van der Waals surface area (Å²) >= 11 is 0. The van der Waals surface area contributed by atoms with E-state index in [9.17, 15) is 19.2 Å². The molecule has 0 aliphatic rings. The van der Waals surface area contributed by atoms with Crippen molar-refractivity contribution in [1.82, 2.24) is 21.3 Å². The zero-order valence-corrected chi connectivity index (χ0v) is 54.9. The third-order valence-electron chi connectivity index (χ3n) is 18.1. The number of hydrogen-bond donors (Lipinski definition) is 4. The Morgan fingerprint density at radius 2 is 0.369 bits per heavy atom. The van der Waals surface area contributed by atoms with Crippen LogP contribution in [-0.2, 0) is 0 Å². The largest absolute Gasteiger partial charge is 0.352 e. The first-order valence-electron chi connectivity index (χ1n) is 36.3. The van der Waals surface area contributed by atoms with Gasteiger partial charge in [0.1, 0.15) is 0 Å². The number of nitrogens with one attached hydrogen (secondary N) is 4. The second-order valence-corrected chi connectivity index (χ2v) is 25.6. The van der Waals surface area contributed by atoms with Gasteiger partial charge in [-0.1, -0.05) is 334 Å². The molecule has 4 aromatic rings. The zero-order chi connectivity index (χ0) is 59.9. The van der Waals surface area contributed by atoms with Crippen molar-refractivity contribution in [2.24, 2.45) is 0 Å². The molecule has 0 bridgehead atoms. The minimum absolute atomic E-state index is 0.202. The maximum absolute atomic E-state index is 14.5. The zero-order valence-electron chi connectivity index (χ0n) is 54.9. The van der Waals surface area contributed by atoms with E-state index in [0.29, 0.717) is 48.4 Å². The van der Waals surface area contributed by atoms with E-state index in [1.54, 1.807) is 12.1 Å². The van der Waals surface area contributed by atoms with E-state index in [1.807, 2.05) is 24.3 Å². The predicted octanol–water partition coefficient (Wildman–Crippen LogP) is 22.3. The second-order valence-electron chi connectivity index (χ2n) is 25.6. The molecule has 0 unspecified atom stereocenters. The van der Waals surface area contributed by atoms with Gasteiger partial charge in [0.2, 0.25) is 0 Å². The fourth-order valence-electron chi connectivity index (χ4n) is 12.8. The molecule has 4 rings (SSSR count). The molecule has 0 fully saturated rings. The van der Waals surface area contributed by atoms with E-state index in [0.717, 1.165) is 83.7 Å². The molecule has 0 radical (unpaired) electrons. The molecule has 4 aromatic carbocycles. The van der Waals surface area contributed by atoms with Gasteiger partial charge >= 0.3 is 0 Å². The quantitative estimate of drug-likeness (QED) is 0.0260. The predicted molar refractivity (Wildman–Crippen MR) is 364 cm³/mol. The highest BCUT2D eigenvalue weighted by atomic mass is 16.2. The van der Waals surface area contributed by atoms with Crippen LogP contribution in [0.5, 0.6) is 0 Å². The van der Waals surface area contributed by atoms with E-state index in [4.69, 9.17) is 0 Å². The van der Waals surface area contributed by atoms with Crippen molar-refractivity contribution in [3.05, 3.63) is 58.7 Å². The molecular weight excluding hydrogens is 1030 g/mol. The Hall–Kier alpha value is -4.20. The Bertz CT molecular complexity index is 2030. The number of unbranched alkanes of at least 4 members (excludes halogenated alkanes) is 44. The monoisotopic (exact) mass is 1160 g/mol. The van der Waals surface area contributed by atoms with Gasteiger partial charge in [-0.2, -0.15) is 0 Å². The van der Waals surface area contributed by atoms with Crippen LogP contribution in [-0.4, -0.2) is 49.8 Å². The molecule has 0 saturated heterocycles. The number of rotatable bonds is 56. The molecule has 4 N–H and O–H groups in total. The maximum atomic E-state index is 14.5. The first kappa shape index (κ1) is 72.3. The third kappa shape index (κ3) is 29.0. The number of benzene rings is 4. The summed E-state index contributed by atoms with van der Waals surface area (Å²) in [7, 11) is 0. The van der Waals surface area contributed by atoms with Crippen LogP contribution in [0.15, 0.2) is 36.4 Å². The SMILES string of the molecule is CCCCCCCCCCCCCCNC(=O)c1cc(C(=O)NCCCCCCCCCCCCCC)c2ccc3c(C(=O)NCCCCCCCCCCCCCC)cc(C(=O)NCCCCCCCCCCCCCC)c4ccc1c2c43. The van der Waals surface area contributed by atoms with Crippen molar-refractivity contribution in [2.45, 2.75) is 336 Å². The molecule has 84 heavy (non-hydrogen) atoms. The number of carbonyl (C=O) groups is 4. The van der Waals surface area contributed by atoms with Gasteiger partial charge in [0.15, 0.2) is 0 Å². The summed E-state index contributed by atoms with van der Waals surface area (Å²) in [6.45, 7) is 11.3. The van der Waals surface area contributed by atoms with E-state index in [-0.39, 0.29) is 23.6 Å². The number of hydrogen-bond acceptors (Lipinski definition) is 4. The van der Waals surface area contributed by atoms with E-state index < -0.39 is 0 Å². The van der Waals surface area contributed by atoms with Crippen molar-refractivity contribution in [1.29, 1.82) is 0 Å². The van der Waals surface area contributed by atoms with Crippen LogP contribution in [0, 0.1) is 0 Å². The topological polar surface area (TPSA) is 116 Å². The highest BCUT2D eigenvalue weighted by molar-refractivity contribution is 6.33. The highest BCUT2D eigenvalue weighted by Crippen LogP contribution is 2.41. The fraction of sp³-hybridized carbons (Fsp3) is 0.737. The lowest BCUT2D eigenvalue weighted by Gasteiger charge is -2.20. The molecule has 0 saturated carbocycles. The average Bonchev–Trinajstić information content (AvgIpc) is 0.860. The van der Waals surface area contributed by atoms with Crippen molar-refractivity contribution < 1.29 is 19.2 Å². The summed E-state index contributed by atoms with van der Waals surface area (Å²) in [5, 5.41) is 17.4. The van der Waals surface area contributed by atoms with E-state index in [1.165, 1.54) is 257 Å². The van der Waals surface area contributed by atoms with Gasteiger partial charge in [-0.25, -0.2) is 0 Å². The molecule has 0 atom stereocenters. The van der Waals surface area contributed by atoms with Crippen molar-refractivity contribution >= 4 is 55.9 Å². The van der Waals surface area contributed by atoms with Gasteiger partial charge in [-0.3, -0.25) is 19.2 Å². The van der Waals surface area contributed by atoms with Gasteiger partial charge in [-0.15, -0.1) is 0 Å². The smallest absolute Gasteiger partial charge is 0.251 e. The summed E-state index contributed by atoms with van der Waals surface area (Å²) in [6, 6.07) is 11.4. The molecule has 0 heterocycles. The minimum Gasteiger partial charge on any atom is -0.352 e. The summed E-state index contributed by atoms with van der Waals surface area (Å²) < 4.78 is 0. The molecular formula is C76H126N4O4. The van der Waals surface area contributed by atoms with Gasteiger partial charge in [0.25, 0.3) is 23.6 Å². The summed E-state index contributed by atoms with van der Waals surface area (Å²) in [5.41, 5.74) is 1.80. The first-order chi connectivity index (χ1) is 41.4. The molecule has 0 spiro atoms. The van der Waals surface area contributed by atoms with Gasteiger partial charge < -0.3 is 21.3 Å². The summed E-state index contributed by atoms with van der Waals surface area (Å²) in [5.74, 6) is -0.808. The summed E-state index contributed by atoms with van der Waals surface area (Å²) in [4.78, 5) is 58.2. The molecule has 0 aliphatic carbocycles. The lowest BCUT2D eigenvalue weighted by atomic mass is 9.85. The van der Waals surface area contributed by atoms with Gasteiger partial charge in [0.05, 0.1) is 0 Å². The lowest BCUT2D eigenvalue weighted by molar-refractivity contribution is 0.0939. The van der Waals surface area contributed by atoms with Crippen molar-refractivity contribution in [2.75, 3.05) is 26.2 Å². The van der Waals surface area contributed by atoms with Crippen LogP contribution in [0.25, 0.3) is 32.3 Å². The Morgan fingerprint density at radius 3 is 0.524 bits per heavy atom. The standard InChI is InChI=1S/C76H126N4O4/c1-5-9-13-17-21-25-29-33-37-41-45-49-57-77-73(81)67-61-68(74(82)78-58-50-46-42-38-34-30-26-22-18-14-10-6-2)64-55-56-66-70(76(84)80-60-52-48-44-40-36-32-28-24-20-16-12-8-4)62-69(65-54-53-63(67)71(64)72(65)66)75(83)79-59-51-47-43-39-35-31-27-23-19-15-11-7-3/h53-56,61-62H,5-52,57-60H2,1-4H3,(H,77,81)(H,78,82)(H,79,83)(H,80,84). The van der Waals surface area contributed by atoms with Crippen molar-refractivity contribution in [3.63, 3.8) is 0 Å².